The van der Waals surface area contributed by atoms with Crippen LogP contribution in [0, 0.1) is 0 Å². The van der Waals surface area contributed by atoms with Crippen molar-refractivity contribution < 1.29 is 14.2 Å². The van der Waals surface area contributed by atoms with Crippen LogP contribution in [0.25, 0.3) is 0 Å². The van der Waals surface area contributed by atoms with Crippen molar-refractivity contribution in [1.82, 2.24) is 0 Å². The van der Waals surface area contributed by atoms with E-state index in [9.17, 15) is 0 Å². The summed E-state index contributed by atoms with van der Waals surface area (Å²) in [6.45, 7) is 1.16. The molecule has 7 heteroatoms. The van der Waals surface area contributed by atoms with Crippen molar-refractivity contribution in [1.29, 1.82) is 0 Å². The number of rotatable bonds is 8. The Bertz CT molecular complexity index is 646. The highest BCUT2D eigenvalue weighted by atomic mass is 127. The summed E-state index contributed by atoms with van der Waals surface area (Å²) in [5.41, 5.74) is 6.72. The normalized spacial score (nSPS) is 10.6. The summed E-state index contributed by atoms with van der Waals surface area (Å²) in [6.07, 6.45) is 0.775. The molecule has 0 aliphatic heterocycles. The topological polar surface area (TPSA) is 78.1 Å². The number of guanidine groups is 1. The van der Waals surface area contributed by atoms with Crippen molar-refractivity contribution in [3.8, 4) is 17.2 Å². The summed E-state index contributed by atoms with van der Waals surface area (Å²) in [5, 5.41) is 3.03. The third-order valence-corrected chi connectivity index (χ3v) is 3.28. The molecule has 0 unspecified atom stereocenters. The van der Waals surface area contributed by atoms with Gasteiger partial charge in [-0.15, -0.1) is 24.0 Å². The first-order valence-corrected chi connectivity index (χ1v) is 7.69. The SMILES string of the molecule is COc1ccc(NC(N)=NCCCOc2ccc(OC)cc2)cc1.I. The Hall–Kier alpha value is -2.16. The molecule has 0 atom stereocenters. The zero-order valence-corrected chi connectivity index (χ0v) is 16.7. The standard InChI is InChI=1S/C18H23N3O3.HI/c1-22-15-6-4-14(5-7-15)21-18(19)20-12-3-13-24-17-10-8-16(23-2)9-11-17;/h4-11H,3,12-13H2,1-2H3,(H3,19,20,21);1H. The number of aliphatic imine (C=N–C) groups is 1. The summed E-state index contributed by atoms with van der Waals surface area (Å²) < 4.78 is 15.8. The van der Waals surface area contributed by atoms with Gasteiger partial charge in [-0.2, -0.15) is 0 Å². The van der Waals surface area contributed by atoms with E-state index in [1.807, 2.05) is 48.5 Å². The van der Waals surface area contributed by atoms with Crippen molar-refractivity contribution in [3.05, 3.63) is 48.5 Å². The van der Waals surface area contributed by atoms with Gasteiger partial charge in [-0.05, 0) is 48.5 Å². The largest absolute Gasteiger partial charge is 0.497 e. The van der Waals surface area contributed by atoms with Crippen LogP contribution in [0.2, 0.25) is 0 Å². The van der Waals surface area contributed by atoms with Gasteiger partial charge in [0.1, 0.15) is 17.2 Å². The molecule has 6 nitrogen and oxygen atoms in total. The molecule has 0 saturated heterocycles. The number of nitrogens with two attached hydrogens (primary N) is 1. The molecule has 3 N–H and O–H groups in total. The molecule has 0 aliphatic rings. The second-order valence-corrected chi connectivity index (χ2v) is 5.00. The molecule has 0 aromatic heterocycles. The molecular formula is C18H24IN3O3. The Morgan fingerprint density at radius 2 is 1.44 bits per heavy atom. The van der Waals surface area contributed by atoms with Crippen LogP contribution in [-0.2, 0) is 0 Å². The Morgan fingerprint density at radius 3 is 2.00 bits per heavy atom. The number of nitrogens with one attached hydrogen (secondary N) is 1. The van der Waals surface area contributed by atoms with Gasteiger partial charge in [-0.3, -0.25) is 4.99 Å². The van der Waals surface area contributed by atoms with E-state index in [2.05, 4.69) is 10.3 Å². The molecule has 136 valence electrons. The molecule has 0 fully saturated rings. The second-order valence-electron chi connectivity index (χ2n) is 5.00. The zero-order chi connectivity index (χ0) is 17.2. The van der Waals surface area contributed by atoms with E-state index in [1.54, 1.807) is 14.2 Å². The van der Waals surface area contributed by atoms with Gasteiger partial charge in [0.25, 0.3) is 0 Å². The van der Waals surface area contributed by atoms with Crippen molar-refractivity contribution in [2.45, 2.75) is 6.42 Å². The van der Waals surface area contributed by atoms with Crippen LogP contribution >= 0.6 is 24.0 Å². The lowest BCUT2D eigenvalue weighted by atomic mass is 10.3. The quantitative estimate of drug-likeness (QED) is 0.275. The summed E-state index contributed by atoms with van der Waals surface area (Å²) in [5.74, 6) is 2.80. The smallest absolute Gasteiger partial charge is 0.193 e. The molecule has 0 radical (unpaired) electrons. The number of ether oxygens (including phenoxy) is 3. The molecule has 0 heterocycles. The minimum absolute atomic E-state index is 0. The molecule has 2 aromatic carbocycles. The predicted octanol–water partition coefficient (Wildman–Crippen LogP) is 3.52. The number of nitrogens with zero attached hydrogens (tertiary/aromatic N) is 1. The highest BCUT2D eigenvalue weighted by Gasteiger charge is 1.97. The van der Waals surface area contributed by atoms with Gasteiger partial charge in [0.2, 0.25) is 0 Å². The molecule has 0 amide bonds. The summed E-state index contributed by atoms with van der Waals surface area (Å²) in [6, 6.07) is 15.0. The third-order valence-electron chi connectivity index (χ3n) is 3.28. The monoisotopic (exact) mass is 457 g/mol. The zero-order valence-electron chi connectivity index (χ0n) is 14.4. The van der Waals surface area contributed by atoms with E-state index in [-0.39, 0.29) is 24.0 Å². The van der Waals surface area contributed by atoms with Gasteiger partial charge in [0, 0.05) is 18.7 Å². The van der Waals surface area contributed by atoms with Gasteiger partial charge in [-0.1, -0.05) is 0 Å². The van der Waals surface area contributed by atoms with Crippen molar-refractivity contribution in [2.75, 3.05) is 32.7 Å². The maximum absolute atomic E-state index is 5.85. The fraction of sp³-hybridized carbons (Fsp3) is 0.278. The van der Waals surface area contributed by atoms with Crippen LogP contribution in [-0.4, -0.2) is 33.3 Å². The van der Waals surface area contributed by atoms with E-state index >= 15 is 0 Å². The summed E-state index contributed by atoms with van der Waals surface area (Å²) >= 11 is 0. The molecule has 25 heavy (non-hydrogen) atoms. The number of benzene rings is 2. The third kappa shape index (κ3) is 7.51. The average molecular weight is 457 g/mol. The van der Waals surface area contributed by atoms with Gasteiger partial charge < -0.3 is 25.3 Å². The van der Waals surface area contributed by atoms with Crippen LogP contribution in [0.4, 0.5) is 5.69 Å². The minimum atomic E-state index is 0. The van der Waals surface area contributed by atoms with Gasteiger partial charge in [-0.25, -0.2) is 0 Å². The van der Waals surface area contributed by atoms with E-state index < -0.39 is 0 Å². The minimum Gasteiger partial charge on any atom is -0.497 e. The maximum atomic E-state index is 5.85. The first-order valence-electron chi connectivity index (χ1n) is 7.69. The van der Waals surface area contributed by atoms with Crippen LogP contribution in [0.5, 0.6) is 17.2 Å². The number of anilines is 1. The second kappa shape index (κ2) is 11.4. The van der Waals surface area contributed by atoms with E-state index in [4.69, 9.17) is 19.9 Å². The Labute approximate surface area is 165 Å². The van der Waals surface area contributed by atoms with Crippen molar-refractivity contribution >= 4 is 35.6 Å². The van der Waals surface area contributed by atoms with Crippen LogP contribution in [0.3, 0.4) is 0 Å². The van der Waals surface area contributed by atoms with Gasteiger partial charge in [0.05, 0.1) is 20.8 Å². The fourth-order valence-corrected chi connectivity index (χ4v) is 1.99. The Balaban J connectivity index is 0.00000312. The molecule has 2 rings (SSSR count). The first kappa shape index (κ1) is 20.9. The highest BCUT2D eigenvalue weighted by Crippen LogP contribution is 2.17. The lowest BCUT2D eigenvalue weighted by Crippen LogP contribution is -2.23. The molecule has 0 aliphatic carbocycles. The molecular weight excluding hydrogens is 433 g/mol. The van der Waals surface area contributed by atoms with Crippen molar-refractivity contribution in [2.24, 2.45) is 10.7 Å². The predicted molar refractivity (Wildman–Crippen MR) is 112 cm³/mol. The highest BCUT2D eigenvalue weighted by molar-refractivity contribution is 14.0. The van der Waals surface area contributed by atoms with E-state index in [0.717, 1.165) is 29.4 Å². The van der Waals surface area contributed by atoms with E-state index in [1.165, 1.54) is 0 Å². The van der Waals surface area contributed by atoms with Crippen molar-refractivity contribution in [3.63, 3.8) is 0 Å². The van der Waals surface area contributed by atoms with Crippen LogP contribution in [0.1, 0.15) is 6.42 Å². The lowest BCUT2D eigenvalue weighted by molar-refractivity contribution is 0.313. The number of hydrogen-bond donors (Lipinski definition) is 2. The molecule has 2 aromatic rings. The maximum Gasteiger partial charge on any atom is 0.193 e. The van der Waals surface area contributed by atoms with Gasteiger partial charge >= 0.3 is 0 Å². The summed E-state index contributed by atoms with van der Waals surface area (Å²) in [4.78, 5) is 4.27. The number of hydrogen-bond acceptors (Lipinski definition) is 4. The first-order chi connectivity index (χ1) is 11.7. The van der Waals surface area contributed by atoms with Gasteiger partial charge in [0.15, 0.2) is 5.96 Å². The van der Waals surface area contributed by atoms with Crippen LogP contribution in [0.15, 0.2) is 53.5 Å². The lowest BCUT2D eigenvalue weighted by Gasteiger charge is -2.08. The molecule has 0 bridgehead atoms. The molecule has 0 spiro atoms. The Morgan fingerprint density at radius 1 is 0.920 bits per heavy atom. The van der Waals surface area contributed by atoms with Crippen LogP contribution < -0.4 is 25.3 Å². The number of methoxy groups -OCH3 is 2. The summed E-state index contributed by atoms with van der Waals surface area (Å²) in [7, 11) is 3.27. The average Bonchev–Trinajstić information content (AvgIpc) is 2.62. The number of halogens is 1. The fourth-order valence-electron chi connectivity index (χ4n) is 1.99. The van der Waals surface area contributed by atoms with E-state index in [0.29, 0.717) is 19.1 Å². The Kier molecular flexibility index (Phi) is 9.53. The molecule has 0 saturated carbocycles.